The maximum Gasteiger partial charge on any atom is 0.218 e. The lowest BCUT2D eigenvalue weighted by molar-refractivity contribution is 0.0152. The lowest BCUT2D eigenvalue weighted by Crippen LogP contribution is -2.34. The van der Waals surface area contributed by atoms with Crippen LogP contribution in [0.1, 0.15) is 47.5 Å². The summed E-state index contributed by atoms with van der Waals surface area (Å²) in [5, 5.41) is 0. The van der Waals surface area contributed by atoms with E-state index in [0.717, 1.165) is 35.3 Å². The van der Waals surface area contributed by atoms with Crippen molar-refractivity contribution in [1.82, 2.24) is 0 Å². The zero-order chi connectivity index (χ0) is 13.7. The van der Waals surface area contributed by atoms with Gasteiger partial charge in [-0.2, -0.15) is 8.42 Å². The van der Waals surface area contributed by atoms with E-state index >= 15 is 0 Å². The summed E-state index contributed by atoms with van der Waals surface area (Å²) < 4.78 is 28.8. The Hall–Kier alpha value is -1.03. The number of ether oxygens (including phenoxy) is 1. The van der Waals surface area contributed by atoms with Crippen LogP contribution in [0.15, 0.2) is 22.5 Å². The van der Waals surface area contributed by atoms with E-state index in [2.05, 4.69) is 13.8 Å². The fourth-order valence-corrected chi connectivity index (χ4v) is 3.61. The van der Waals surface area contributed by atoms with Gasteiger partial charge < -0.3 is 4.74 Å². The minimum absolute atomic E-state index is 0.0573. The summed E-state index contributed by atoms with van der Waals surface area (Å²) in [7, 11) is -2.15. The largest absolute Gasteiger partial charge is 0.488 e. The topological polar surface area (TPSA) is 43.4 Å². The van der Waals surface area contributed by atoms with Crippen molar-refractivity contribution >= 4 is 15.2 Å². The highest BCUT2D eigenvalue weighted by Gasteiger charge is 2.37. The molecule has 1 unspecified atom stereocenters. The third-order valence-electron chi connectivity index (χ3n) is 4.03. The molecule has 0 amide bonds. The molecule has 100 valence electrons. The van der Waals surface area contributed by atoms with Crippen LogP contribution in [0, 0.1) is 5.92 Å². The Morgan fingerprint density at radius 3 is 2.39 bits per heavy atom. The van der Waals surface area contributed by atoms with E-state index in [1.165, 1.54) is 0 Å². The molecule has 1 atom stereocenters. The standard InChI is InChI=1S/C14H20O3S/c1-8-9(2)13(18(15)16)10(3)11-6-7-14(4,5)17-12(8)11/h10H,6-7H2,1-5H3. The lowest BCUT2D eigenvalue weighted by atomic mass is 9.79. The van der Waals surface area contributed by atoms with E-state index in [1.807, 2.05) is 20.8 Å². The molecule has 0 N–H and O–H groups in total. The van der Waals surface area contributed by atoms with Crippen LogP contribution in [0.3, 0.4) is 0 Å². The predicted molar refractivity (Wildman–Crippen MR) is 72.9 cm³/mol. The maximum absolute atomic E-state index is 11.4. The molecule has 0 saturated heterocycles. The fraction of sp³-hybridized carbons (Fsp3) is 0.643. The highest BCUT2D eigenvalue weighted by Crippen LogP contribution is 2.42. The van der Waals surface area contributed by atoms with Crippen molar-refractivity contribution in [2.45, 2.75) is 53.1 Å². The van der Waals surface area contributed by atoms with Crippen LogP contribution in [0.25, 0.3) is 0 Å². The predicted octanol–water partition coefficient (Wildman–Crippen LogP) is 2.87. The number of hydrogen-bond acceptors (Lipinski definition) is 3. The van der Waals surface area contributed by atoms with E-state index in [0.29, 0.717) is 4.86 Å². The van der Waals surface area contributed by atoms with Crippen molar-refractivity contribution in [2.75, 3.05) is 0 Å². The number of allylic oxidation sites excluding steroid dienone is 3. The first-order chi connectivity index (χ1) is 8.24. The molecule has 0 aromatic carbocycles. The van der Waals surface area contributed by atoms with Crippen molar-refractivity contribution < 1.29 is 13.2 Å². The van der Waals surface area contributed by atoms with E-state index < -0.39 is 10.3 Å². The fourth-order valence-electron chi connectivity index (χ4n) is 2.78. The van der Waals surface area contributed by atoms with Crippen molar-refractivity contribution in [2.24, 2.45) is 5.92 Å². The average Bonchev–Trinajstić information content (AvgIpc) is 2.24. The highest BCUT2D eigenvalue weighted by molar-refractivity contribution is 7.73. The van der Waals surface area contributed by atoms with Crippen LogP contribution in [0.5, 0.6) is 0 Å². The van der Waals surface area contributed by atoms with Crippen LogP contribution in [-0.2, 0) is 15.0 Å². The molecule has 1 aliphatic carbocycles. The Balaban J connectivity index is 2.63. The second-order valence-electron chi connectivity index (χ2n) is 5.79. The van der Waals surface area contributed by atoms with Gasteiger partial charge in [-0.1, -0.05) is 6.92 Å². The molecule has 1 aliphatic heterocycles. The van der Waals surface area contributed by atoms with Gasteiger partial charge in [0.1, 0.15) is 11.4 Å². The Kier molecular flexibility index (Phi) is 3.18. The summed E-state index contributed by atoms with van der Waals surface area (Å²) in [5.74, 6) is 0.864. The molecule has 1 heterocycles. The van der Waals surface area contributed by atoms with Gasteiger partial charge in [0.05, 0.1) is 4.86 Å². The van der Waals surface area contributed by atoms with Crippen LogP contribution in [0.4, 0.5) is 0 Å². The minimum atomic E-state index is -2.15. The number of rotatable bonds is 0. The average molecular weight is 268 g/mol. The van der Waals surface area contributed by atoms with Crippen molar-refractivity contribution in [3.05, 3.63) is 22.5 Å². The first kappa shape index (κ1) is 13.4. The highest BCUT2D eigenvalue weighted by atomic mass is 32.2. The Labute approximate surface area is 110 Å². The van der Waals surface area contributed by atoms with E-state index in [4.69, 9.17) is 4.74 Å². The monoisotopic (exact) mass is 268 g/mol. The van der Waals surface area contributed by atoms with Crippen LogP contribution in [0.2, 0.25) is 0 Å². The summed E-state index contributed by atoms with van der Waals surface area (Å²) in [6.07, 6.45) is 1.84. The molecule has 2 rings (SSSR count). The van der Waals surface area contributed by atoms with Crippen LogP contribution < -0.4 is 0 Å². The summed E-state index contributed by atoms with van der Waals surface area (Å²) in [6.45, 7) is 9.93. The van der Waals surface area contributed by atoms with Gasteiger partial charge in [-0.3, -0.25) is 0 Å². The van der Waals surface area contributed by atoms with Crippen molar-refractivity contribution in [1.29, 1.82) is 0 Å². The molecule has 0 saturated carbocycles. The minimum Gasteiger partial charge on any atom is -0.488 e. The molecule has 2 aliphatic rings. The van der Waals surface area contributed by atoms with Crippen molar-refractivity contribution in [3.63, 3.8) is 0 Å². The third kappa shape index (κ3) is 2.03. The molecule has 0 aromatic heterocycles. The lowest BCUT2D eigenvalue weighted by Gasteiger charge is -2.39. The first-order valence-corrected chi connectivity index (χ1v) is 7.38. The molecule has 4 heteroatoms. The van der Waals surface area contributed by atoms with Gasteiger partial charge >= 0.3 is 0 Å². The molecule has 0 spiro atoms. The molecule has 3 nitrogen and oxygen atoms in total. The molecule has 0 fully saturated rings. The Morgan fingerprint density at radius 1 is 1.22 bits per heavy atom. The molecule has 0 radical (unpaired) electrons. The maximum atomic E-state index is 11.4. The molecule has 0 bridgehead atoms. The first-order valence-electron chi connectivity index (χ1n) is 6.31. The van der Waals surface area contributed by atoms with Crippen LogP contribution in [-0.4, -0.2) is 18.9 Å². The van der Waals surface area contributed by atoms with E-state index in [-0.39, 0.29) is 11.5 Å². The van der Waals surface area contributed by atoms with Gasteiger partial charge in [-0.05, 0) is 57.3 Å². The van der Waals surface area contributed by atoms with Gasteiger partial charge in [-0.15, -0.1) is 0 Å². The second-order valence-corrected chi connectivity index (χ2v) is 6.70. The zero-order valence-electron chi connectivity index (χ0n) is 11.6. The SMILES string of the molecule is CC1=C(C)C(=S(=O)=O)C(C)C2=C1OC(C)(C)CC2. The Bertz CT molecular complexity index is 581. The van der Waals surface area contributed by atoms with Crippen molar-refractivity contribution in [3.8, 4) is 0 Å². The van der Waals surface area contributed by atoms with Gasteiger partial charge in [0.25, 0.3) is 0 Å². The quantitative estimate of drug-likeness (QED) is 0.634. The zero-order valence-corrected chi connectivity index (χ0v) is 12.4. The van der Waals surface area contributed by atoms with Crippen LogP contribution >= 0.6 is 0 Å². The molecule has 18 heavy (non-hydrogen) atoms. The smallest absolute Gasteiger partial charge is 0.218 e. The number of hydrogen-bond donors (Lipinski definition) is 0. The molecule has 0 aromatic rings. The van der Waals surface area contributed by atoms with Gasteiger partial charge in [0, 0.05) is 5.92 Å². The molecular weight excluding hydrogens is 248 g/mol. The van der Waals surface area contributed by atoms with Gasteiger partial charge in [-0.25, -0.2) is 0 Å². The summed E-state index contributed by atoms with van der Waals surface area (Å²) in [6, 6.07) is 0. The normalized spacial score (nSPS) is 26.9. The van der Waals surface area contributed by atoms with Gasteiger partial charge in [0.15, 0.2) is 0 Å². The van der Waals surface area contributed by atoms with E-state index in [9.17, 15) is 8.42 Å². The molecular formula is C14H20O3S. The third-order valence-corrected chi connectivity index (χ3v) is 5.05. The second kappa shape index (κ2) is 4.26. The Morgan fingerprint density at radius 2 is 1.83 bits per heavy atom. The summed E-state index contributed by atoms with van der Waals surface area (Å²) in [5.41, 5.74) is 2.78. The van der Waals surface area contributed by atoms with Gasteiger partial charge in [0.2, 0.25) is 10.3 Å². The summed E-state index contributed by atoms with van der Waals surface area (Å²) in [4.78, 5) is 0.523. The van der Waals surface area contributed by atoms with E-state index in [1.54, 1.807) is 0 Å². The summed E-state index contributed by atoms with van der Waals surface area (Å²) >= 11 is 0.